The van der Waals surface area contributed by atoms with Gasteiger partial charge in [0.25, 0.3) is 0 Å². The molecule has 3 nitrogen and oxygen atoms in total. The number of amides is 1. The summed E-state index contributed by atoms with van der Waals surface area (Å²) in [6, 6.07) is -0.360. The largest absolute Gasteiger partial charge is 0.342 e. The van der Waals surface area contributed by atoms with Gasteiger partial charge >= 0.3 is 0 Å². The first-order valence-corrected chi connectivity index (χ1v) is 4.17. The summed E-state index contributed by atoms with van der Waals surface area (Å²) >= 11 is 0. The van der Waals surface area contributed by atoms with Gasteiger partial charge in [0.1, 0.15) is 0 Å². The van der Waals surface area contributed by atoms with E-state index in [1.54, 1.807) is 11.8 Å². The van der Waals surface area contributed by atoms with Crippen molar-refractivity contribution in [3.8, 4) is 0 Å². The fourth-order valence-corrected chi connectivity index (χ4v) is 0.982. The minimum atomic E-state index is -0.360. The van der Waals surface area contributed by atoms with Crippen LogP contribution in [-0.2, 0) is 4.79 Å². The Hall–Kier alpha value is -0.570. The molecule has 11 heavy (non-hydrogen) atoms. The van der Waals surface area contributed by atoms with Crippen LogP contribution in [0.25, 0.3) is 0 Å². The lowest BCUT2D eigenvalue weighted by atomic mass is 10.3. The molecule has 2 N–H and O–H groups in total. The van der Waals surface area contributed by atoms with E-state index in [1.165, 1.54) is 0 Å². The average molecular weight is 158 g/mol. The molecule has 0 heterocycles. The molecule has 0 aromatic rings. The van der Waals surface area contributed by atoms with E-state index < -0.39 is 0 Å². The molecule has 0 spiro atoms. The maximum Gasteiger partial charge on any atom is 0.239 e. The zero-order valence-electron chi connectivity index (χ0n) is 7.63. The van der Waals surface area contributed by atoms with Crippen LogP contribution in [0.1, 0.15) is 27.2 Å². The van der Waals surface area contributed by atoms with Crippen molar-refractivity contribution in [2.24, 2.45) is 5.73 Å². The second-order valence-corrected chi connectivity index (χ2v) is 2.71. The Morgan fingerprint density at radius 3 is 2.36 bits per heavy atom. The van der Waals surface area contributed by atoms with Gasteiger partial charge in [-0.3, -0.25) is 4.79 Å². The smallest absolute Gasteiger partial charge is 0.239 e. The van der Waals surface area contributed by atoms with E-state index in [4.69, 9.17) is 5.73 Å². The number of hydrogen-bond acceptors (Lipinski definition) is 2. The molecule has 3 heteroatoms. The molecular weight excluding hydrogens is 140 g/mol. The zero-order chi connectivity index (χ0) is 8.85. The molecule has 0 aromatic heterocycles. The first-order chi connectivity index (χ1) is 5.13. The fraction of sp³-hybridized carbons (Fsp3) is 0.875. The van der Waals surface area contributed by atoms with Crippen LogP contribution in [0.5, 0.6) is 0 Å². The average Bonchev–Trinajstić information content (AvgIpc) is 1.98. The van der Waals surface area contributed by atoms with Crippen molar-refractivity contribution in [3.05, 3.63) is 0 Å². The van der Waals surface area contributed by atoms with Gasteiger partial charge in [-0.15, -0.1) is 0 Å². The molecule has 0 radical (unpaired) electrons. The van der Waals surface area contributed by atoms with Gasteiger partial charge in [-0.2, -0.15) is 0 Å². The van der Waals surface area contributed by atoms with Crippen LogP contribution in [0.4, 0.5) is 0 Å². The summed E-state index contributed by atoms with van der Waals surface area (Å²) in [6.45, 7) is 7.32. The molecule has 1 atom stereocenters. The lowest BCUT2D eigenvalue weighted by Crippen LogP contribution is -2.42. The lowest BCUT2D eigenvalue weighted by Gasteiger charge is -2.21. The second kappa shape index (κ2) is 5.13. The van der Waals surface area contributed by atoms with Gasteiger partial charge in [0.05, 0.1) is 6.04 Å². The van der Waals surface area contributed by atoms with Crippen molar-refractivity contribution in [2.75, 3.05) is 13.1 Å². The maximum absolute atomic E-state index is 11.3. The molecule has 1 amide bonds. The van der Waals surface area contributed by atoms with Crippen LogP contribution in [0.2, 0.25) is 0 Å². The van der Waals surface area contributed by atoms with Crippen molar-refractivity contribution in [1.29, 1.82) is 0 Å². The number of carbonyl (C=O) groups excluding carboxylic acids is 1. The molecular formula is C8H18N2O. The highest BCUT2D eigenvalue weighted by Crippen LogP contribution is 1.94. The quantitative estimate of drug-likeness (QED) is 0.651. The summed E-state index contributed by atoms with van der Waals surface area (Å²) in [6.07, 6.45) is 0.992. The van der Waals surface area contributed by atoms with Crippen molar-refractivity contribution < 1.29 is 4.79 Å². The Morgan fingerprint density at radius 2 is 2.09 bits per heavy atom. The van der Waals surface area contributed by atoms with E-state index in [0.717, 1.165) is 19.5 Å². The lowest BCUT2D eigenvalue weighted by molar-refractivity contribution is -0.132. The SMILES string of the molecule is CCCN(CC)C(=O)C(C)N. The summed E-state index contributed by atoms with van der Waals surface area (Å²) in [4.78, 5) is 13.0. The molecule has 0 rings (SSSR count). The van der Waals surface area contributed by atoms with E-state index >= 15 is 0 Å². The highest BCUT2D eigenvalue weighted by Gasteiger charge is 2.13. The Morgan fingerprint density at radius 1 is 1.55 bits per heavy atom. The van der Waals surface area contributed by atoms with Crippen LogP contribution < -0.4 is 5.73 Å². The molecule has 0 bridgehead atoms. The van der Waals surface area contributed by atoms with Gasteiger partial charge in [0.2, 0.25) is 5.91 Å². The summed E-state index contributed by atoms with van der Waals surface area (Å²) < 4.78 is 0. The van der Waals surface area contributed by atoms with Gasteiger partial charge < -0.3 is 10.6 Å². The number of hydrogen-bond donors (Lipinski definition) is 1. The van der Waals surface area contributed by atoms with Crippen LogP contribution in [0, 0.1) is 0 Å². The predicted octanol–water partition coefficient (Wildman–Crippen LogP) is 0.592. The Bertz CT molecular complexity index is 123. The third-order valence-corrected chi connectivity index (χ3v) is 1.58. The number of carbonyl (C=O) groups is 1. The highest BCUT2D eigenvalue weighted by molar-refractivity contribution is 5.81. The third-order valence-electron chi connectivity index (χ3n) is 1.58. The van der Waals surface area contributed by atoms with E-state index in [9.17, 15) is 4.79 Å². The molecule has 0 saturated heterocycles. The molecule has 0 saturated carbocycles. The van der Waals surface area contributed by atoms with E-state index in [0.29, 0.717) is 0 Å². The molecule has 0 aliphatic carbocycles. The number of likely N-dealkylation sites (N-methyl/N-ethyl adjacent to an activating group) is 1. The standard InChI is InChI=1S/C8H18N2O/c1-4-6-10(5-2)8(11)7(3)9/h7H,4-6,9H2,1-3H3. The number of rotatable bonds is 4. The normalized spacial score (nSPS) is 12.7. The van der Waals surface area contributed by atoms with Crippen LogP contribution >= 0.6 is 0 Å². The van der Waals surface area contributed by atoms with E-state index in [1.807, 2.05) is 6.92 Å². The molecule has 0 aliphatic heterocycles. The summed E-state index contributed by atoms with van der Waals surface area (Å²) in [5.41, 5.74) is 5.45. The second-order valence-electron chi connectivity index (χ2n) is 2.71. The van der Waals surface area contributed by atoms with E-state index in [-0.39, 0.29) is 11.9 Å². The van der Waals surface area contributed by atoms with E-state index in [2.05, 4.69) is 6.92 Å². The van der Waals surface area contributed by atoms with Crippen LogP contribution in [0.15, 0.2) is 0 Å². The maximum atomic E-state index is 11.3. The summed E-state index contributed by atoms with van der Waals surface area (Å²) in [7, 11) is 0. The van der Waals surface area contributed by atoms with Crippen molar-refractivity contribution in [3.63, 3.8) is 0 Å². The Kier molecular flexibility index (Phi) is 4.86. The molecule has 0 fully saturated rings. The minimum Gasteiger partial charge on any atom is -0.342 e. The number of nitrogens with zero attached hydrogens (tertiary/aromatic N) is 1. The Labute approximate surface area is 68.6 Å². The van der Waals surface area contributed by atoms with Gasteiger partial charge in [-0.1, -0.05) is 6.92 Å². The monoisotopic (exact) mass is 158 g/mol. The van der Waals surface area contributed by atoms with Gasteiger partial charge in [-0.05, 0) is 20.3 Å². The first kappa shape index (κ1) is 10.4. The van der Waals surface area contributed by atoms with Crippen LogP contribution in [-0.4, -0.2) is 29.9 Å². The summed E-state index contributed by atoms with van der Waals surface area (Å²) in [5, 5.41) is 0. The van der Waals surface area contributed by atoms with Crippen molar-refractivity contribution in [2.45, 2.75) is 33.2 Å². The predicted molar refractivity (Wildman–Crippen MR) is 46.2 cm³/mol. The van der Waals surface area contributed by atoms with Crippen molar-refractivity contribution >= 4 is 5.91 Å². The topological polar surface area (TPSA) is 46.3 Å². The molecule has 0 aromatic carbocycles. The molecule has 0 aliphatic rings. The molecule has 1 unspecified atom stereocenters. The zero-order valence-corrected chi connectivity index (χ0v) is 7.63. The van der Waals surface area contributed by atoms with Crippen molar-refractivity contribution in [1.82, 2.24) is 4.90 Å². The first-order valence-electron chi connectivity index (χ1n) is 4.17. The van der Waals surface area contributed by atoms with Crippen LogP contribution in [0.3, 0.4) is 0 Å². The third kappa shape index (κ3) is 3.37. The van der Waals surface area contributed by atoms with Gasteiger partial charge in [-0.25, -0.2) is 0 Å². The highest BCUT2D eigenvalue weighted by atomic mass is 16.2. The summed E-state index contributed by atoms with van der Waals surface area (Å²) in [5.74, 6) is 0.0503. The number of nitrogens with two attached hydrogens (primary N) is 1. The Balaban J connectivity index is 3.92. The molecule has 66 valence electrons. The minimum absolute atomic E-state index is 0.0503. The fourth-order valence-electron chi connectivity index (χ4n) is 0.982. The van der Waals surface area contributed by atoms with Gasteiger partial charge in [0, 0.05) is 13.1 Å². The van der Waals surface area contributed by atoms with Gasteiger partial charge in [0.15, 0.2) is 0 Å².